The molecule has 2 aromatic heterocycles. The minimum absolute atomic E-state index is 0.0117. The zero-order valence-electron chi connectivity index (χ0n) is 30.2. The minimum Gasteiger partial charge on any atom is -0.497 e. The molecule has 6 rings (SSSR count). The number of morpholine rings is 1. The lowest BCUT2D eigenvalue weighted by atomic mass is 9.99. The summed E-state index contributed by atoms with van der Waals surface area (Å²) in [5.74, 6) is 1.50. The van der Waals surface area contributed by atoms with Gasteiger partial charge in [-0.05, 0) is 74.6 Å². The Hall–Kier alpha value is -5.16. The number of ether oxygens (including phenoxy) is 3. The molecule has 5 aromatic rings. The van der Waals surface area contributed by atoms with E-state index in [1.807, 2.05) is 80.5 Å². The van der Waals surface area contributed by atoms with Gasteiger partial charge in [-0.3, -0.25) is 9.59 Å². The van der Waals surface area contributed by atoms with Crippen LogP contribution in [0.15, 0.2) is 95.9 Å². The Labute approximate surface area is 309 Å². The normalized spacial score (nSPS) is 13.9. The van der Waals surface area contributed by atoms with E-state index in [4.69, 9.17) is 30.8 Å². The summed E-state index contributed by atoms with van der Waals surface area (Å²) in [6.07, 6.45) is 5.50. The molecule has 11 heteroatoms. The number of pyridine rings is 2. The van der Waals surface area contributed by atoms with E-state index in [0.717, 1.165) is 54.2 Å². The molecule has 52 heavy (non-hydrogen) atoms. The van der Waals surface area contributed by atoms with Gasteiger partial charge < -0.3 is 33.9 Å². The summed E-state index contributed by atoms with van der Waals surface area (Å²) in [4.78, 5) is 36.6. The Bertz CT molecular complexity index is 2140. The van der Waals surface area contributed by atoms with E-state index in [1.54, 1.807) is 36.1 Å². The van der Waals surface area contributed by atoms with Crippen LogP contribution < -0.4 is 25.2 Å². The van der Waals surface area contributed by atoms with Crippen LogP contribution in [0.2, 0.25) is 5.02 Å². The van der Waals surface area contributed by atoms with E-state index >= 15 is 0 Å². The molecule has 10 nitrogen and oxygen atoms in total. The van der Waals surface area contributed by atoms with Gasteiger partial charge in [0.25, 0.3) is 5.56 Å². The van der Waals surface area contributed by atoms with Gasteiger partial charge in [0.2, 0.25) is 0 Å². The highest BCUT2D eigenvalue weighted by Crippen LogP contribution is 2.39. The van der Waals surface area contributed by atoms with Gasteiger partial charge >= 0.3 is 0 Å². The van der Waals surface area contributed by atoms with Crippen LogP contribution in [-0.2, 0) is 16.0 Å². The first-order valence-corrected chi connectivity index (χ1v) is 17.6. The largest absolute Gasteiger partial charge is 0.497 e. The second-order valence-electron chi connectivity index (χ2n) is 13.1. The van der Waals surface area contributed by atoms with Crippen molar-refractivity contribution in [1.29, 1.82) is 0 Å². The first-order valence-electron chi connectivity index (χ1n) is 17.2. The van der Waals surface area contributed by atoms with Crippen molar-refractivity contribution in [3.63, 3.8) is 0 Å². The van der Waals surface area contributed by atoms with Crippen LogP contribution in [0, 0.1) is 0 Å². The van der Waals surface area contributed by atoms with Gasteiger partial charge in [-0.15, -0.1) is 0 Å². The third-order valence-electron chi connectivity index (χ3n) is 9.17. The Kier molecular flexibility index (Phi) is 11.6. The summed E-state index contributed by atoms with van der Waals surface area (Å²) in [5.41, 5.74) is 5.04. The number of anilines is 3. The Balaban J connectivity index is 1.42. The molecule has 270 valence electrons. The first kappa shape index (κ1) is 36.6. The van der Waals surface area contributed by atoms with Crippen LogP contribution in [0.5, 0.6) is 11.5 Å². The standard InChI is InChI=1S/C41H44ClN5O5/c1-27(29-9-6-8-28(20-29)21-33(48)10-7-15-45(2)3)47-37-25-39(44-31-11-13-32(14-12-31)46-16-18-52-19-17-46)43-26-30(37)22-36(41(47)49)35-23-34(50-4)24-38(51-5)40(35)42/h6-14,20,22-27H,15-19,21H2,1-5H3,(H,43,44)/b10-7+. The third-order valence-corrected chi connectivity index (χ3v) is 9.56. The van der Waals surface area contributed by atoms with Crippen molar-refractivity contribution in [3.8, 4) is 22.6 Å². The van der Waals surface area contributed by atoms with E-state index < -0.39 is 6.04 Å². The van der Waals surface area contributed by atoms with E-state index in [1.165, 1.54) is 7.11 Å². The highest BCUT2D eigenvalue weighted by molar-refractivity contribution is 6.35. The van der Waals surface area contributed by atoms with Gasteiger partial charge in [0.1, 0.15) is 17.3 Å². The van der Waals surface area contributed by atoms with E-state index in [0.29, 0.717) is 45.5 Å². The second kappa shape index (κ2) is 16.5. The fourth-order valence-electron chi connectivity index (χ4n) is 6.40. The van der Waals surface area contributed by atoms with Gasteiger partial charge in [-0.1, -0.05) is 41.9 Å². The van der Waals surface area contributed by atoms with E-state index in [9.17, 15) is 9.59 Å². The third kappa shape index (κ3) is 8.31. The summed E-state index contributed by atoms with van der Waals surface area (Å²) in [6.45, 7) is 5.82. The molecule has 3 aromatic carbocycles. The number of benzene rings is 3. The highest BCUT2D eigenvalue weighted by atomic mass is 35.5. The SMILES string of the molecule is COc1cc(OC)c(Cl)c(-c2cc3cnc(Nc4ccc(N5CCOCC5)cc4)cc3n(C(C)c3cccc(CC(=O)/C=C/CN(C)C)c3)c2=O)c1. The number of carbonyl (C=O) groups is 1. The number of hydrogen-bond donors (Lipinski definition) is 1. The maximum atomic E-state index is 14.7. The molecule has 1 N–H and O–H groups in total. The fraction of sp³-hybridized carbons (Fsp3) is 0.293. The Morgan fingerprint density at radius 1 is 1.02 bits per heavy atom. The number of nitrogens with zero attached hydrogens (tertiary/aromatic N) is 4. The molecule has 1 unspecified atom stereocenters. The number of rotatable bonds is 13. The highest BCUT2D eigenvalue weighted by Gasteiger charge is 2.22. The smallest absolute Gasteiger partial charge is 0.259 e. The predicted octanol–water partition coefficient (Wildman–Crippen LogP) is 7.15. The molecule has 1 aliphatic rings. The molecule has 0 radical (unpaired) electrons. The molecule has 3 heterocycles. The lowest BCUT2D eigenvalue weighted by molar-refractivity contribution is -0.114. The predicted molar refractivity (Wildman–Crippen MR) is 209 cm³/mol. The number of halogens is 1. The van der Waals surface area contributed by atoms with Crippen molar-refractivity contribution < 1.29 is 19.0 Å². The lowest BCUT2D eigenvalue weighted by Crippen LogP contribution is -2.36. The quantitative estimate of drug-likeness (QED) is 0.127. The number of nitrogens with one attached hydrogen (secondary N) is 1. The Morgan fingerprint density at radius 3 is 2.50 bits per heavy atom. The molecule has 0 saturated carbocycles. The average Bonchev–Trinajstić information content (AvgIpc) is 3.15. The van der Waals surface area contributed by atoms with Crippen LogP contribution in [0.25, 0.3) is 22.0 Å². The van der Waals surface area contributed by atoms with Gasteiger partial charge in [0, 0.05) is 72.3 Å². The van der Waals surface area contributed by atoms with Crippen molar-refractivity contribution in [2.24, 2.45) is 0 Å². The van der Waals surface area contributed by atoms with Crippen molar-refractivity contribution in [2.45, 2.75) is 19.4 Å². The van der Waals surface area contributed by atoms with Gasteiger partial charge in [0.05, 0.1) is 44.0 Å². The molecule has 1 aliphatic heterocycles. The van der Waals surface area contributed by atoms with Crippen molar-refractivity contribution in [3.05, 3.63) is 118 Å². The van der Waals surface area contributed by atoms with Crippen LogP contribution in [0.3, 0.4) is 0 Å². The topological polar surface area (TPSA) is 98.2 Å². The van der Waals surface area contributed by atoms with Crippen LogP contribution in [0.4, 0.5) is 17.2 Å². The van der Waals surface area contributed by atoms with Crippen LogP contribution in [-0.4, -0.2) is 81.4 Å². The molecule has 1 fully saturated rings. The fourth-order valence-corrected chi connectivity index (χ4v) is 6.69. The molecular formula is C41H44ClN5O5. The maximum Gasteiger partial charge on any atom is 0.259 e. The molecule has 0 spiro atoms. The average molecular weight is 722 g/mol. The molecule has 0 aliphatic carbocycles. The van der Waals surface area contributed by atoms with Gasteiger partial charge in [0.15, 0.2) is 5.78 Å². The van der Waals surface area contributed by atoms with Gasteiger partial charge in [-0.25, -0.2) is 4.98 Å². The summed E-state index contributed by atoms with van der Waals surface area (Å²) >= 11 is 6.84. The first-order chi connectivity index (χ1) is 25.1. The number of hydrogen-bond acceptors (Lipinski definition) is 9. The molecule has 0 bridgehead atoms. The monoisotopic (exact) mass is 721 g/mol. The van der Waals surface area contributed by atoms with Crippen molar-refractivity contribution >= 4 is 45.5 Å². The summed E-state index contributed by atoms with van der Waals surface area (Å²) in [7, 11) is 6.99. The molecule has 0 amide bonds. The zero-order valence-corrected chi connectivity index (χ0v) is 30.9. The number of carbonyl (C=O) groups excluding carboxylic acids is 1. The molecule has 1 atom stereocenters. The number of allylic oxidation sites excluding steroid dienone is 1. The number of ketones is 1. The summed E-state index contributed by atoms with van der Waals surface area (Å²) in [6, 6.07) is 22.7. The number of fused-ring (bicyclic) bond motifs is 1. The number of aromatic nitrogens is 2. The zero-order chi connectivity index (χ0) is 36.8. The summed E-state index contributed by atoms with van der Waals surface area (Å²) < 4.78 is 18.3. The Morgan fingerprint density at radius 2 is 1.79 bits per heavy atom. The van der Waals surface area contributed by atoms with Crippen LogP contribution in [0.1, 0.15) is 24.1 Å². The van der Waals surface area contributed by atoms with Gasteiger partial charge in [-0.2, -0.15) is 0 Å². The molecular weight excluding hydrogens is 678 g/mol. The second-order valence-corrected chi connectivity index (χ2v) is 13.4. The van der Waals surface area contributed by atoms with E-state index in [2.05, 4.69) is 22.3 Å². The number of methoxy groups -OCH3 is 2. The van der Waals surface area contributed by atoms with E-state index in [-0.39, 0.29) is 17.8 Å². The maximum absolute atomic E-state index is 14.7. The minimum atomic E-state index is -0.427. The molecule has 1 saturated heterocycles. The summed E-state index contributed by atoms with van der Waals surface area (Å²) in [5, 5.41) is 4.46. The van der Waals surface area contributed by atoms with Crippen molar-refractivity contribution in [1.82, 2.24) is 14.5 Å². The van der Waals surface area contributed by atoms with Crippen LogP contribution >= 0.6 is 11.6 Å². The van der Waals surface area contributed by atoms with Crippen molar-refractivity contribution in [2.75, 3.05) is 71.4 Å². The lowest BCUT2D eigenvalue weighted by Gasteiger charge is -2.28. The number of likely N-dealkylation sites (N-methyl/N-ethyl adjacent to an activating group) is 1.